The number of rotatable bonds is 11. The summed E-state index contributed by atoms with van der Waals surface area (Å²) in [5, 5.41) is 3.34. The lowest BCUT2D eigenvalue weighted by Gasteiger charge is -2.24. The predicted molar refractivity (Wildman–Crippen MR) is 142 cm³/mol. The lowest BCUT2D eigenvalue weighted by molar-refractivity contribution is -0.119. The number of anilines is 1. The van der Waals surface area contributed by atoms with Crippen LogP contribution in [-0.4, -0.2) is 33.2 Å². The Kier molecular flexibility index (Phi) is 9.45. The van der Waals surface area contributed by atoms with Gasteiger partial charge in [-0.1, -0.05) is 53.6 Å². The molecule has 3 rings (SSSR count). The number of amides is 1. The fraction of sp³-hybridized carbons (Fsp3) is 0.269. The molecule has 5 nitrogen and oxygen atoms in total. The largest absolute Gasteiger partial charge is 0.354 e. The van der Waals surface area contributed by atoms with Gasteiger partial charge in [0.2, 0.25) is 5.91 Å². The van der Waals surface area contributed by atoms with Crippen molar-refractivity contribution in [2.24, 2.45) is 0 Å². The number of nitrogens with one attached hydrogen (secondary N) is 1. The molecule has 0 saturated carbocycles. The summed E-state index contributed by atoms with van der Waals surface area (Å²) in [5.41, 5.74) is 3.93. The van der Waals surface area contributed by atoms with Gasteiger partial charge in [0.15, 0.2) is 0 Å². The van der Waals surface area contributed by atoms with Gasteiger partial charge in [0.1, 0.15) is 6.54 Å². The number of aryl methyl sites for hydroxylation is 2. The summed E-state index contributed by atoms with van der Waals surface area (Å²) in [6.45, 7) is 4.17. The lowest BCUT2D eigenvalue weighted by Crippen LogP contribution is -2.41. The van der Waals surface area contributed by atoms with Gasteiger partial charge in [0, 0.05) is 17.3 Å². The highest BCUT2D eigenvalue weighted by Gasteiger charge is 2.27. The van der Waals surface area contributed by atoms with Crippen LogP contribution in [0.4, 0.5) is 5.69 Å². The normalized spacial score (nSPS) is 11.3. The van der Waals surface area contributed by atoms with Crippen LogP contribution in [0.2, 0.25) is 5.02 Å². The molecule has 0 fully saturated rings. The highest BCUT2D eigenvalue weighted by Crippen LogP contribution is 2.25. The van der Waals surface area contributed by atoms with Crippen LogP contribution in [0.5, 0.6) is 0 Å². The van der Waals surface area contributed by atoms with Gasteiger partial charge < -0.3 is 5.32 Å². The third kappa shape index (κ3) is 7.26. The average Bonchev–Trinajstić information content (AvgIpc) is 2.82. The van der Waals surface area contributed by atoms with Crippen LogP contribution in [0.25, 0.3) is 0 Å². The third-order valence-electron chi connectivity index (χ3n) is 5.32. The minimum absolute atomic E-state index is 0.133. The summed E-state index contributed by atoms with van der Waals surface area (Å²) in [4.78, 5) is 12.8. The Hall–Kier alpha value is -2.48. The van der Waals surface area contributed by atoms with Crippen molar-refractivity contribution in [2.75, 3.05) is 23.1 Å². The number of benzene rings is 3. The van der Waals surface area contributed by atoms with Crippen LogP contribution in [-0.2, 0) is 20.6 Å². The second kappa shape index (κ2) is 12.3. The highest BCUT2D eigenvalue weighted by atomic mass is 35.5. The molecule has 8 heteroatoms. The molecule has 0 aromatic heterocycles. The van der Waals surface area contributed by atoms with E-state index in [9.17, 15) is 13.2 Å². The van der Waals surface area contributed by atoms with Crippen LogP contribution in [0, 0.1) is 13.8 Å². The second-order valence-electron chi connectivity index (χ2n) is 7.98. The van der Waals surface area contributed by atoms with Crippen molar-refractivity contribution in [1.82, 2.24) is 5.32 Å². The second-order valence-corrected chi connectivity index (χ2v) is 11.4. The molecule has 1 amide bonds. The first-order chi connectivity index (χ1) is 16.3. The first-order valence-corrected chi connectivity index (χ1v) is 14.0. The Morgan fingerprint density at radius 2 is 1.65 bits per heavy atom. The zero-order chi connectivity index (χ0) is 24.6. The Labute approximate surface area is 211 Å². The Morgan fingerprint density at radius 3 is 2.32 bits per heavy atom. The third-order valence-corrected chi connectivity index (χ3v) is 8.45. The number of carbonyl (C=O) groups excluding carboxylic acids is 1. The van der Waals surface area contributed by atoms with E-state index in [1.165, 1.54) is 11.1 Å². The molecule has 0 spiro atoms. The summed E-state index contributed by atoms with van der Waals surface area (Å²) in [7, 11) is -3.93. The molecule has 0 aliphatic rings. The van der Waals surface area contributed by atoms with Crippen LogP contribution >= 0.6 is 23.4 Å². The molecule has 0 heterocycles. The van der Waals surface area contributed by atoms with Crippen molar-refractivity contribution in [2.45, 2.75) is 30.9 Å². The van der Waals surface area contributed by atoms with Crippen molar-refractivity contribution >= 4 is 45.0 Å². The molecule has 1 N–H and O–H groups in total. The van der Waals surface area contributed by atoms with E-state index in [2.05, 4.69) is 24.4 Å². The van der Waals surface area contributed by atoms with Crippen molar-refractivity contribution in [3.05, 3.63) is 94.5 Å². The van der Waals surface area contributed by atoms with E-state index in [4.69, 9.17) is 11.6 Å². The minimum atomic E-state index is -3.93. The number of hydrogen-bond donors (Lipinski definition) is 1. The fourth-order valence-corrected chi connectivity index (χ4v) is 5.89. The smallest absolute Gasteiger partial charge is 0.264 e. The average molecular weight is 517 g/mol. The molecule has 0 unspecified atom stereocenters. The van der Waals surface area contributed by atoms with Gasteiger partial charge in [-0.15, -0.1) is 0 Å². The van der Waals surface area contributed by atoms with Gasteiger partial charge in [-0.3, -0.25) is 9.10 Å². The maximum absolute atomic E-state index is 13.4. The van der Waals surface area contributed by atoms with Gasteiger partial charge >= 0.3 is 0 Å². The van der Waals surface area contributed by atoms with Gasteiger partial charge in [-0.05, 0) is 73.5 Å². The Balaban J connectivity index is 1.59. The summed E-state index contributed by atoms with van der Waals surface area (Å²) < 4.78 is 27.8. The zero-order valence-electron chi connectivity index (χ0n) is 19.3. The standard InChI is InChI=1S/C26H29ClN2O3S2/c1-20-8-14-25(15-9-20)34(31,32)29(24-12-10-23(27)11-13-24)18-26(30)28-16-5-17-33-19-22-7-4-3-6-21(22)2/h3-4,6-15H,5,16-19H2,1-2H3,(H,28,30). The zero-order valence-corrected chi connectivity index (χ0v) is 21.7. The van der Waals surface area contributed by atoms with Crippen LogP contribution in [0.1, 0.15) is 23.1 Å². The van der Waals surface area contributed by atoms with E-state index < -0.39 is 10.0 Å². The number of carbonyl (C=O) groups is 1. The predicted octanol–water partition coefficient (Wildman–Crippen LogP) is 5.59. The molecule has 3 aromatic carbocycles. The summed E-state index contributed by atoms with van der Waals surface area (Å²) in [6.07, 6.45) is 0.800. The number of nitrogens with zero attached hydrogens (tertiary/aromatic N) is 1. The van der Waals surface area contributed by atoms with Gasteiger partial charge in [-0.25, -0.2) is 8.42 Å². The Bertz CT molecular complexity index is 1200. The molecule has 34 heavy (non-hydrogen) atoms. The Morgan fingerprint density at radius 1 is 0.971 bits per heavy atom. The van der Waals surface area contributed by atoms with Crippen LogP contribution in [0.3, 0.4) is 0 Å². The maximum atomic E-state index is 13.4. The van der Waals surface area contributed by atoms with Gasteiger partial charge in [-0.2, -0.15) is 11.8 Å². The first kappa shape index (κ1) is 26.1. The van der Waals surface area contributed by atoms with E-state index in [1.54, 1.807) is 48.5 Å². The van der Waals surface area contributed by atoms with Crippen molar-refractivity contribution in [1.29, 1.82) is 0 Å². The van der Waals surface area contributed by atoms with Crippen LogP contribution < -0.4 is 9.62 Å². The van der Waals surface area contributed by atoms with Gasteiger partial charge in [0.05, 0.1) is 10.6 Å². The molecule has 0 bridgehead atoms. The number of thioether (sulfide) groups is 1. The molecular formula is C26H29ClN2O3S2. The molecule has 0 atom stereocenters. The minimum Gasteiger partial charge on any atom is -0.354 e. The molecule has 0 aliphatic heterocycles. The van der Waals surface area contributed by atoms with E-state index in [1.807, 2.05) is 30.8 Å². The van der Waals surface area contributed by atoms with E-state index in [0.717, 1.165) is 27.8 Å². The number of sulfonamides is 1. The molecule has 180 valence electrons. The topological polar surface area (TPSA) is 66.5 Å². The first-order valence-electron chi connectivity index (χ1n) is 11.0. The number of halogens is 1. The summed E-state index contributed by atoms with van der Waals surface area (Å²) in [6, 6.07) is 21.3. The lowest BCUT2D eigenvalue weighted by atomic mass is 10.1. The van der Waals surface area contributed by atoms with E-state index in [0.29, 0.717) is 17.3 Å². The van der Waals surface area contributed by atoms with E-state index >= 15 is 0 Å². The van der Waals surface area contributed by atoms with Crippen molar-refractivity contribution in [3.8, 4) is 0 Å². The van der Waals surface area contributed by atoms with Crippen LogP contribution in [0.15, 0.2) is 77.7 Å². The number of hydrogen-bond acceptors (Lipinski definition) is 4. The quantitative estimate of drug-likeness (QED) is 0.337. The SMILES string of the molecule is Cc1ccc(S(=O)(=O)N(CC(=O)NCCCSCc2ccccc2C)c2ccc(Cl)cc2)cc1. The monoisotopic (exact) mass is 516 g/mol. The molecular weight excluding hydrogens is 488 g/mol. The summed E-state index contributed by atoms with van der Waals surface area (Å²) >= 11 is 7.80. The highest BCUT2D eigenvalue weighted by molar-refractivity contribution is 7.98. The molecule has 0 aliphatic carbocycles. The molecule has 0 radical (unpaired) electrons. The van der Waals surface area contributed by atoms with Crippen molar-refractivity contribution in [3.63, 3.8) is 0 Å². The maximum Gasteiger partial charge on any atom is 0.264 e. The molecule has 0 saturated heterocycles. The van der Waals surface area contributed by atoms with Crippen molar-refractivity contribution < 1.29 is 13.2 Å². The summed E-state index contributed by atoms with van der Waals surface area (Å²) in [5.74, 6) is 1.48. The van der Waals surface area contributed by atoms with Gasteiger partial charge in [0.25, 0.3) is 10.0 Å². The van der Waals surface area contributed by atoms with E-state index in [-0.39, 0.29) is 17.3 Å². The molecule has 3 aromatic rings. The fourth-order valence-electron chi connectivity index (χ4n) is 3.30.